The van der Waals surface area contributed by atoms with Gasteiger partial charge in [-0.3, -0.25) is 0 Å². The molecule has 0 spiro atoms. The molecule has 0 unspecified atom stereocenters. The Kier molecular flexibility index (Phi) is 8.07. The maximum absolute atomic E-state index is 5.80. The predicted molar refractivity (Wildman–Crippen MR) is 83.0 cm³/mol. The molecular formula is C16H28N2O2. The third-order valence-electron chi connectivity index (χ3n) is 3.19. The zero-order valence-corrected chi connectivity index (χ0v) is 12.8. The Morgan fingerprint density at radius 3 is 1.50 bits per heavy atom. The lowest BCUT2D eigenvalue weighted by molar-refractivity contribution is 0.296. The van der Waals surface area contributed by atoms with Crippen molar-refractivity contribution in [3.63, 3.8) is 0 Å². The molecule has 0 heterocycles. The smallest absolute Gasteiger partial charge is 0.124 e. The standard InChI is InChI=1S/C16H28N2O2/c1-3-5-7-19-15-9-14(12-18)16(10-13(15)11-17)20-8-6-4-2/h9-10H,3-8,11-12,17-18H2,1-2H3. The SMILES string of the molecule is CCCCOc1cc(CN)c(OCCCC)cc1CN. The van der Waals surface area contributed by atoms with Crippen LogP contribution in [-0.4, -0.2) is 13.2 Å². The Labute approximate surface area is 122 Å². The fourth-order valence-electron chi connectivity index (χ4n) is 1.88. The van der Waals surface area contributed by atoms with E-state index in [0.29, 0.717) is 26.3 Å². The van der Waals surface area contributed by atoms with Gasteiger partial charge in [-0.25, -0.2) is 0 Å². The molecule has 0 amide bonds. The van der Waals surface area contributed by atoms with Crippen LogP contribution in [0.15, 0.2) is 12.1 Å². The lowest BCUT2D eigenvalue weighted by Gasteiger charge is -2.16. The first-order chi connectivity index (χ1) is 9.76. The van der Waals surface area contributed by atoms with Gasteiger partial charge in [0.25, 0.3) is 0 Å². The van der Waals surface area contributed by atoms with E-state index >= 15 is 0 Å². The number of hydrogen-bond donors (Lipinski definition) is 2. The fourth-order valence-corrected chi connectivity index (χ4v) is 1.88. The Balaban J connectivity index is 2.85. The van der Waals surface area contributed by atoms with Crippen LogP contribution in [0.5, 0.6) is 11.5 Å². The van der Waals surface area contributed by atoms with Gasteiger partial charge >= 0.3 is 0 Å². The molecule has 0 aliphatic carbocycles. The second kappa shape index (κ2) is 9.61. The van der Waals surface area contributed by atoms with Crippen LogP contribution in [0.2, 0.25) is 0 Å². The average Bonchev–Trinajstić information content (AvgIpc) is 2.48. The molecule has 4 heteroatoms. The summed E-state index contributed by atoms with van der Waals surface area (Å²) in [5.41, 5.74) is 13.6. The summed E-state index contributed by atoms with van der Waals surface area (Å²) in [4.78, 5) is 0. The lowest BCUT2D eigenvalue weighted by atomic mass is 10.1. The zero-order valence-electron chi connectivity index (χ0n) is 12.8. The maximum Gasteiger partial charge on any atom is 0.124 e. The highest BCUT2D eigenvalue weighted by atomic mass is 16.5. The minimum atomic E-state index is 0.441. The molecule has 1 aromatic rings. The van der Waals surface area contributed by atoms with Gasteiger partial charge in [0, 0.05) is 24.2 Å². The number of rotatable bonds is 10. The molecule has 1 aromatic carbocycles. The van der Waals surface area contributed by atoms with Gasteiger partial charge in [-0.15, -0.1) is 0 Å². The summed E-state index contributed by atoms with van der Waals surface area (Å²) in [7, 11) is 0. The number of unbranched alkanes of at least 4 members (excludes halogenated alkanes) is 2. The van der Waals surface area contributed by atoms with Crippen LogP contribution in [0, 0.1) is 0 Å². The van der Waals surface area contributed by atoms with Gasteiger partial charge in [0.15, 0.2) is 0 Å². The van der Waals surface area contributed by atoms with E-state index in [-0.39, 0.29) is 0 Å². The van der Waals surface area contributed by atoms with Gasteiger partial charge < -0.3 is 20.9 Å². The van der Waals surface area contributed by atoms with E-state index in [2.05, 4.69) is 13.8 Å². The number of hydrogen-bond acceptors (Lipinski definition) is 4. The van der Waals surface area contributed by atoms with Gasteiger partial charge in [0.05, 0.1) is 13.2 Å². The summed E-state index contributed by atoms with van der Waals surface area (Å²) in [6.45, 7) is 6.59. The molecule has 1 rings (SSSR count). The zero-order chi connectivity index (χ0) is 14.8. The van der Waals surface area contributed by atoms with Gasteiger partial charge in [-0.05, 0) is 25.0 Å². The third kappa shape index (κ3) is 5.02. The van der Waals surface area contributed by atoms with Crippen LogP contribution >= 0.6 is 0 Å². The molecule has 0 bridgehead atoms. The maximum atomic E-state index is 5.80. The van der Waals surface area contributed by atoms with Crippen LogP contribution < -0.4 is 20.9 Å². The van der Waals surface area contributed by atoms with E-state index in [4.69, 9.17) is 20.9 Å². The molecule has 4 N–H and O–H groups in total. The van der Waals surface area contributed by atoms with E-state index in [1.54, 1.807) is 0 Å². The summed E-state index contributed by atoms with van der Waals surface area (Å²) in [6.07, 6.45) is 4.30. The van der Waals surface area contributed by atoms with Crippen molar-refractivity contribution in [2.24, 2.45) is 11.5 Å². The van der Waals surface area contributed by atoms with Crippen molar-refractivity contribution in [1.29, 1.82) is 0 Å². The van der Waals surface area contributed by atoms with Crippen LogP contribution in [-0.2, 0) is 13.1 Å². The van der Waals surface area contributed by atoms with Crippen molar-refractivity contribution in [1.82, 2.24) is 0 Å². The monoisotopic (exact) mass is 280 g/mol. The Hall–Kier alpha value is -1.26. The highest BCUT2D eigenvalue weighted by molar-refractivity contribution is 5.46. The van der Waals surface area contributed by atoms with Gasteiger partial charge in [-0.2, -0.15) is 0 Å². The second-order valence-corrected chi connectivity index (χ2v) is 4.88. The molecular weight excluding hydrogens is 252 g/mol. The molecule has 0 radical (unpaired) electrons. The van der Waals surface area contributed by atoms with Crippen molar-refractivity contribution in [2.75, 3.05) is 13.2 Å². The van der Waals surface area contributed by atoms with E-state index in [9.17, 15) is 0 Å². The van der Waals surface area contributed by atoms with Gasteiger partial charge in [-0.1, -0.05) is 26.7 Å². The molecule has 0 atom stereocenters. The molecule has 4 nitrogen and oxygen atoms in total. The molecule has 0 aromatic heterocycles. The highest BCUT2D eigenvalue weighted by Crippen LogP contribution is 2.29. The minimum absolute atomic E-state index is 0.441. The van der Waals surface area contributed by atoms with Crippen LogP contribution in [0.4, 0.5) is 0 Å². The largest absolute Gasteiger partial charge is 0.493 e. The molecule has 0 saturated heterocycles. The molecule has 0 aliphatic rings. The van der Waals surface area contributed by atoms with Crippen LogP contribution in [0.1, 0.15) is 50.7 Å². The molecule has 20 heavy (non-hydrogen) atoms. The Morgan fingerprint density at radius 1 is 0.800 bits per heavy atom. The topological polar surface area (TPSA) is 70.5 Å². The summed E-state index contributed by atoms with van der Waals surface area (Å²) in [5, 5.41) is 0. The summed E-state index contributed by atoms with van der Waals surface area (Å²) < 4.78 is 11.6. The van der Waals surface area contributed by atoms with Crippen molar-refractivity contribution >= 4 is 0 Å². The van der Waals surface area contributed by atoms with Crippen LogP contribution in [0.25, 0.3) is 0 Å². The third-order valence-corrected chi connectivity index (χ3v) is 3.19. The Bertz CT molecular complexity index is 357. The fraction of sp³-hybridized carbons (Fsp3) is 0.625. The second-order valence-electron chi connectivity index (χ2n) is 4.88. The van der Waals surface area contributed by atoms with Crippen molar-refractivity contribution in [3.05, 3.63) is 23.3 Å². The van der Waals surface area contributed by atoms with E-state index in [0.717, 1.165) is 48.3 Å². The number of ether oxygens (including phenoxy) is 2. The predicted octanol–water partition coefficient (Wildman–Crippen LogP) is 2.96. The van der Waals surface area contributed by atoms with Crippen molar-refractivity contribution in [3.8, 4) is 11.5 Å². The number of nitrogens with two attached hydrogens (primary N) is 2. The average molecular weight is 280 g/mol. The van der Waals surface area contributed by atoms with E-state index in [1.165, 1.54) is 0 Å². The molecule has 0 fully saturated rings. The lowest BCUT2D eigenvalue weighted by Crippen LogP contribution is -2.09. The number of benzene rings is 1. The first-order valence-electron chi connectivity index (χ1n) is 7.58. The van der Waals surface area contributed by atoms with Crippen LogP contribution in [0.3, 0.4) is 0 Å². The van der Waals surface area contributed by atoms with Gasteiger partial charge in [0.2, 0.25) is 0 Å². The first-order valence-corrected chi connectivity index (χ1v) is 7.58. The van der Waals surface area contributed by atoms with Crippen molar-refractivity contribution in [2.45, 2.75) is 52.6 Å². The van der Waals surface area contributed by atoms with Crippen molar-refractivity contribution < 1.29 is 9.47 Å². The summed E-state index contributed by atoms with van der Waals surface area (Å²) in [6, 6.07) is 3.94. The van der Waals surface area contributed by atoms with Gasteiger partial charge in [0.1, 0.15) is 11.5 Å². The highest BCUT2D eigenvalue weighted by Gasteiger charge is 2.10. The minimum Gasteiger partial charge on any atom is -0.493 e. The van der Waals surface area contributed by atoms with E-state index in [1.807, 2.05) is 12.1 Å². The van der Waals surface area contributed by atoms with E-state index < -0.39 is 0 Å². The normalized spacial score (nSPS) is 10.6. The summed E-state index contributed by atoms with van der Waals surface area (Å²) >= 11 is 0. The summed E-state index contributed by atoms with van der Waals surface area (Å²) in [5.74, 6) is 1.67. The quantitative estimate of drug-likeness (QED) is 0.646. The molecule has 0 aliphatic heterocycles. The first kappa shape index (κ1) is 16.8. The molecule has 114 valence electrons. The Morgan fingerprint density at radius 2 is 1.20 bits per heavy atom. The molecule has 0 saturated carbocycles.